The van der Waals surface area contributed by atoms with E-state index in [0.717, 1.165) is 12.5 Å². The van der Waals surface area contributed by atoms with Crippen molar-refractivity contribution in [3.8, 4) is 6.07 Å². The van der Waals surface area contributed by atoms with Crippen LogP contribution in [0, 0.1) is 17.2 Å². The van der Waals surface area contributed by atoms with Crippen molar-refractivity contribution in [2.24, 2.45) is 5.92 Å². The number of hydrogen-bond acceptors (Lipinski definition) is 3. The van der Waals surface area contributed by atoms with Crippen molar-refractivity contribution < 1.29 is 0 Å². The van der Waals surface area contributed by atoms with Crippen molar-refractivity contribution in [2.75, 3.05) is 26.2 Å². The summed E-state index contributed by atoms with van der Waals surface area (Å²) in [6, 6.07) is 2.71. The molecule has 1 unspecified atom stereocenters. The Balaban J connectivity index is 1.66. The summed E-state index contributed by atoms with van der Waals surface area (Å²) in [5.74, 6) is 0.958. The van der Waals surface area contributed by atoms with Gasteiger partial charge in [0.05, 0.1) is 12.6 Å². The van der Waals surface area contributed by atoms with Gasteiger partial charge in [-0.05, 0) is 31.7 Å². The SMILES string of the molecule is N#CCNC1CCN(CC2CCCC2)C1. The number of hydrogen-bond donors (Lipinski definition) is 1. The summed E-state index contributed by atoms with van der Waals surface area (Å²) in [6.07, 6.45) is 6.97. The molecule has 15 heavy (non-hydrogen) atoms. The molecule has 1 saturated carbocycles. The van der Waals surface area contributed by atoms with Crippen LogP contribution in [0.25, 0.3) is 0 Å². The average molecular weight is 207 g/mol. The number of nitriles is 1. The van der Waals surface area contributed by atoms with Gasteiger partial charge in [0.25, 0.3) is 0 Å². The highest BCUT2D eigenvalue weighted by Crippen LogP contribution is 2.26. The maximum Gasteiger partial charge on any atom is 0.0843 e. The van der Waals surface area contributed by atoms with E-state index in [1.54, 1.807) is 0 Å². The molecule has 2 fully saturated rings. The lowest BCUT2D eigenvalue weighted by atomic mass is 10.1. The average Bonchev–Trinajstić information content (AvgIpc) is 2.87. The molecule has 84 valence electrons. The number of rotatable bonds is 4. The van der Waals surface area contributed by atoms with E-state index in [2.05, 4.69) is 16.3 Å². The molecule has 1 saturated heterocycles. The highest BCUT2D eigenvalue weighted by Gasteiger charge is 2.25. The second kappa shape index (κ2) is 5.48. The molecule has 3 nitrogen and oxygen atoms in total. The predicted molar refractivity (Wildman–Crippen MR) is 60.4 cm³/mol. The smallest absolute Gasteiger partial charge is 0.0843 e. The molecule has 1 aliphatic carbocycles. The summed E-state index contributed by atoms with van der Waals surface area (Å²) < 4.78 is 0. The van der Waals surface area contributed by atoms with Crippen molar-refractivity contribution in [1.82, 2.24) is 10.2 Å². The molecule has 2 rings (SSSR count). The third-order valence-corrected chi connectivity index (χ3v) is 3.73. The van der Waals surface area contributed by atoms with E-state index in [0.29, 0.717) is 12.6 Å². The first kappa shape index (κ1) is 10.9. The van der Waals surface area contributed by atoms with Crippen molar-refractivity contribution in [3.05, 3.63) is 0 Å². The van der Waals surface area contributed by atoms with Gasteiger partial charge in [-0.1, -0.05) is 12.8 Å². The van der Waals surface area contributed by atoms with Crippen LogP contribution in [-0.2, 0) is 0 Å². The molecule has 1 heterocycles. The van der Waals surface area contributed by atoms with E-state index in [1.807, 2.05) is 0 Å². The predicted octanol–water partition coefficient (Wildman–Crippen LogP) is 1.36. The molecule has 2 aliphatic rings. The Labute approximate surface area is 92.4 Å². The van der Waals surface area contributed by atoms with E-state index in [4.69, 9.17) is 5.26 Å². The molecule has 0 aromatic rings. The van der Waals surface area contributed by atoms with Crippen molar-refractivity contribution in [1.29, 1.82) is 5.26 Å². The maximum absolute atomic E-state index is 8.50. The molecular formula is C12H21N3. The second-order valence-corrected chi connectivity index (χ2v) is 4.93. The Bertz CT molecular complexity index is 228. The van der Waals surface area contributed by atoms with Gasteiger partial charge in [0.2, 0.25) is 0 Å². The van der Waals surface area contributed by atoms with Crippen LogP contribution < -0.4 is 5.32 Å². The fourth-order valence-electron chi connectivity index (χ4n) is 2.91. The minimum atomic E-state index is 0.502. The van der Waals surface area contributed by atoms with Gasteiger partial charge in [-0.3, -0.25) is 0 Å². The van der Waals surface area contributed by atoms with E-state index in [1.165, 1.54) is 45.2 Å². The van der Waals surface area contributed by atoms with Crippen LogP contribution in [0.1, 0.15) is 32.1 Å². The standard InChI is InChI=1S/C12H21N3/c13-6-7-14-12-5-8-15(10-12)9-11-3-1-2-4-11/h11-12,14H,1-5,7-10H2. The maximum atomic E-state index is 8.50. The van der Waals surface area contributed by atoms with E-state index < -0.39 is 0 Å². The topological polar surface area (TPSA) is 39.1 Å². The summed E-state index contributed by atoms with van der Waals surface area (Å²) in [5.41, 5.74) is 0. The fourth-order valence-corrected chi connectivity index (χ4v) is 2.91. The first-order valence-electron chi connectivity index (χ1n) is 6.21. The Kier molecular flexibility index (Phi) is 3.99. The molecule has 0 bridgehead atoms. The summed E-state index contributed by atoms with van der Waals surface area (Å²) in [7, 11) is 0. The lowest BCUT2D eigenvalue weighted by Crippen LogP contribution is -2.34. The Morgan fingerprint density at radius 1 is 1.27 bits per heavy atom. The van der Waals surface area contributed by atoms with E-state index in [-0.39, 0.29) is 0 Å². The summed E-state index contributed by atoms with van der Waals surface area (Å²) in [6.45, 7) is 4.17. The number of nitrogens with one attached hydrogen (secondary N) is 1. The monoisotopic (exact) mass is 207 g/mol. The molecule has 1 aliphatic heterocycles. The Morgan fingerprint density at radius 3 is 2.80 bits per heavy atom. The Morgan fingerprint density at radius 2 is 2.07 bits per heavy atom. The van der Waals surface area contributed by atoms with E-state index in [9.17, 15) is 0 Å². The van der Waals surface area contributed by atoms with Crippen LogP contribution >= 0.6 is 0 Å². The van der Waals surface area contributed by atoms with Crippen LogP contribution in [0.15, 0.2) is 0 Å². The first-order valence-corrected chi connectivity index (χ1v) is 6.21. The zero-order valence-electron chi connectivity index (χ0n) is 9.41. The van der Waals surface area contributed by atoms with Gasteiger partial charge < -0.3 is 10.2 Å². The first-order chi connectivity index (χ1) is 7.38. The molecular weight excluding hydrogens is 186 g/mol. The van der Waals surface area contributed by atoms with Gasteiger partial charge in [-0.15, -0.1) is 0 Å². The van der Waals surface area contributed by atoms with Crippen LogP contribution in [-0.4, -0.2) is 37.1 Å². The minimum absolute atomic E-state index is 0.502. The summed E-state index contributed by atoms with van der Waals surface area (Å²) >= 11 is 0. The molecule has 1 N–H and O–H groups in total. The zero-order valence-corrected chi connectivity index (χ0v) is 9.41. The largest absolute Gasteiger partial charge is 0.301 e. The quantitative estimate of drug-likeness (QED) is 0.708. The van der Waals surface area contributed by atoms with Gasteiger partial charge in [0, 0.05) is 19.1 Å². The van der Waals surface area contributed by atoms with Crippen LogP contribution in [0.5, 0.6) is 0 Å². The van der Waals surface area contributed by atoms with Crippen molar-refractivity contribution in [2.45, 2.75) is 38.1 Å². The number of nitrogens with zero attached hydrogens (tertiary/aromatic N) is 2. The summed E-state index contributed by atoms with van der Waals surface area (Å²) in [4.78, 5) is 2.57. The molecule has 0 amide bonds. The van der Waals surface area contributed by atoms with E-state index >= 15 is 0 Å². The fraction of sp³-hybridized carbons (Fsp3) is 0.917. The molecule has 0 spiro atoms. The van der Waals surface area contributed by atoms with Crippen molar-refractivity contribution >= 4 is 0 Å². The highest BCUT2D eigenvalue weighted by atomic mass is 15.2. The van der Waals surface area contributed by atoms with Crippen LogP contribution in [0.3, 0.4) is 0 Å². The molecule has 1 atom stereocenters. The third kappa shape index (κ3) is 3.19. The normalized spacial score (nSPS) is 28.3. The van der Waals surface area contributed by atoms with Gasteiger partial charge in [0.1, 0.15) is 0 Å². The number of likely N-dealkylation sites (tertiary alicyclic amines) is 1. The minimum Gasteiger partial charge on any atom is -0.301 e. The second-order valence-electron chi connectivity index (χ2n) is 4.93. The molecule has 0 aromatic heterocycles. The van der Waals surface area contributed by atoms with Gasteiger partial charge in [0.15, 0.2) is 0 Å². The summed E-state index contributed by atoms with van der Waals surface area (Å²) in [5, 5.41) is 11.8. The van der Waals surface area contributed by atoms with Crippen LogP contribution in [0.2, 0.25) is 0 Å². The van der Waals surface area contributed by atoms with Crippen LogP contribution in [0.4, 0.5) is 0 Å². The van der Waals surface area contributed by atoms with Gasteiger partial charge >= 0.3 is 0 Å². The van der Waals surface area contributed by atoms with Gasteiger partial charge in [-0.25, -0.2) is 0 Å². The Hall–Kier alpha value is -0.590. The highest BCUT2D eigenvalue weighted by molar-refractivity contribution is 4.86. The molecule has 0 aromatic carbocycles. The van der Waals surface area contributed by atoms with Crippen molar-refractivity contribution in [3.63, 3.8) is 0 Å². The lowest BCUT2D eigenvalue weighted by Gasteiger charge is -2.20. The third-order valence-electron chi connectivity index (χ3n) is 3.73. The zero-order chi connectivity index (χ0) is 10.5. The lowest BCUT2D eigenvalue weighted by molar-refractivity contribution is 0.274. The molecule has 3 heteroatoms. The van der Waals surface area contributed by atoms with Gasteiger partial charge in [-0.2, -0.15) is 5.26 Å². The molecule has 0 radical (unpaired) electrons.